The smallest absolute Gasteiger partial charge is 0.126 e. The van der Waals surface area contributed by atoms with Gasteiger partial charge in [0.2, 0.25) is 0 Å². The molecule has 4 heteroatoms. The van der Waals surface area contributed by atoms with Crippen molar-refractivity contribution in [3.63, 3.8) is 0 Å². The molecular formula is C15H20FN3. The van der Waals surface area contributed by atoms with E-state index in [1.54, 1.807) is 12.3 Å². The van der Waals surface area contributed by atoms with Crippen molar-refractivity contribution in [2.45, 2.75) is 25.8 Å². The van der Waals surface area contributed by atoms with Crippen LogP contribution in [-0.4, -0.2) is 22.1 Å². The molecule has 0 aliphatic carbocycles. The zero-order chi connectivity index (χ0) is 13.7. The SMILES string of the molecule is CC(Cc1ccccc1F)NCCc1nccn1C. The Balaban J connectivity index is 1.78. The molecule has 0 aliphatic rings. The van der Waals surface area contributed by atoms with Crippen molar-refractivity contribution in [1.29, 1.82) is 0 Å². The molecule has 3 nitrogen and oxygen atoms in total. The molecule has 0 spiro atoms. The predicted molar refractivity (Wildman–Crippen MR) is 74.5 cm³/mol. The summed E-state index contributed by atoms with van der Waals surface area (Å²) < 4.78 is 15.5. The lowest BCUT2D eigenvalue weighted by Gasteiger charge is -2.14. The molecule has 0 fully saturated rings. The minimum absolute atomic E-state index is 0.125. The van der Waals surface area contributed by atoms with E-state index in [-0.39, 0.29) is 11.9 Å². The number of nitrogens with one attached hydrogen (secondary N) is 1. The molecule has 0 aliphatic heterocycles. The number of halogens is 1. The van der Waals surface area contributed by atoms with Crippen LogP contribution < -0.4 is 5.32 Å². The molecule has 0 radical (unpaired) electrons. The van der Waals surface area contributed by atoms with E-state index in [2.05, 4.69) is 17.2 Å². The minimum Gasteiger partial charge on any atom is -0.338 e. The van der Waals surface area contributed by atoms with E-state index in [4.69, 9.17) is 0 Å². The van der Waals surface area contributed by atoms with Crippen LogP contribution in [0.3, 0.4) is 0 Å². The van der Waals surface area contributed by atoms with Crippen LogP contribution in [0.2, 0.25) is 0 Å². The first-order chi connectivity index (χ1) is 9.16. The molecule has 19 heavy (non-hydrogen) atoms. The van der Waals surface area contributed by atoms with Gasteiger partial charge in [0.25, 0.3) is 0 Å². The van der Waals surface area contributed by atoms with Gasteiger partial charge in [0, 0.05) is 38.4 Å². The maximum Gasteiger partial charge on any atom is 0.126 e. The van der Waals surface area contributed by atoms with Gasteiger partial charge in [-0.05, 0) is 25.0 Å². The van der Waals surface area contributed by atoms with Crippen LogP contribution in [0.5, 0.6) is 0 Å². The zero-order valence-electron chi connectivity index (χ0n) is 11.4. The highest BCUT2D eigenvalue weighted by molar-refractivity contribution is 5.18. The largest absolute Gasteiger partial charge is 0.338 e. The van der Waals surface area contributed by atoms with Crippen LogP contribution in [0.1, 0.15) is 18.3 Å². The standard InChI is InChI=1S/C15H20FN3/c1-12(11-13-5-3-4-6-14(13)16)17-8-7-15-18-9-10-19(15)2/h3-6,9-10,12,17H,7-8,11H2,1-2H3. The average molecular weight is 261 g/mol. The second-order valence-corrected chi connectivity index (χ2v) is 4.86. The molecule has 1 aromatic heterocycles. The third-order valence-electron chi connectivity index (χ3n) is 3.25. The zero-order valence-corrected chi connectivity index (χ0v) is 11.4. The van der Waals surface area contributed by atoms with Crippen LogP contribution >= 0.6 is 0 Å². The Morgan fingerprint density at radius 2 is 2.16 bits per heavy atom. The minimum atomic E-state index is -0.125. The van der Waals surface area contributed by atoms with Crippen LogP contribution in [-0.2, 0) is 19.9 Å². The first-order valence-corrected chi connectivity index (χ1v) is 6.60. The summed E-state index contributed by atoms with van der Waals surface area (Å²) in [5, 5.41) is 3.40. The van der Waals surface area contributed by atoms with Gasteiger partial charge in [0.1, 0.15) is 11.6 Å². The highest BCUT2D eigenvalue weighted by Gasteiger charge is 2.07. The quantitative estimate of drug-likeness (QED) is 0.865. The molecule has 2 rings (SSSR count). The summed E-state index contributed by atoms with van der Waals surface area (Å²) in [6.45, 7) is 2.92. The Labute approximate surface area is 113 Å². The van der Waals surface area contributed by atoms with E-state index in [9.17, 15) is 4.39 Å². The third kappa shape index (κ3) is 3.89. The number of hydrogen-bond donors (Lipinski definition) is 1. The Hall–Kier alpha value is -1.68. The fourth-order valence-electron chi connectivity index (χ4n) is 2.13. The molecule has 2 aromatic rings. The van der Waals surface area contributed by atoms with Crippen LogP contribution in [0.25, 0.3) is 0 Å². The Morgan fingerprint density at radius 1 is 1.37 bits per heavy atom. The fourth-order valence-corrected chi connectivity index (χ4v) is 2.13. The van der Waals surface area contributed by atoms with Gasteiger partial charge in [0.05, 0.1) is 0 Å². The molecule has 0 saturated carbocycles. The lowest BCUT2D eigenvalue weighted by Crippen LogP contribution is -2.30. The summed E-state index contributed by atoms with van der Waals surface area (Å²) in [4.78, 5) is 4.27. The molecule has 1 atom stereocenters. The Kier molecular flexibility index (Phi) is 4.68. The third-order valence-corrected chi connectivity index (χ3v) is 3.25. The van der Waals surface area contributed by atoms with E-state index in [1.165, 1.54) is 6.07 Å². The van der Waals surface area contributed by atoms with E-state index >= 15 is 0 Å². The van der Waals surface area contributed by atoms with Crippen molar-refractivity contribution in [3.05, 3.63) is 53.9 Å². The molecule has 0 amide bonds. The van der Waals surface area contributed by atoms with Crippen LogP contribution in [0.15, 0.2) is 36.7 Å². The maximum atomic E-state index is 13.5. The molecule has 1 N–H and O–H groups in total. The lowest BCUT2D eigenvalue weighted by molar-refractivity contribution is 0.523. The van der Waals surface area contributed by atoms with Gasteiger partial charge in [-0.3, -0.25) is 0 Å². The number of aryl methyl sites for hydroxylation is 1. The summed E-state index contributed by atoms with van der Waals surface area (Å²) in [7, 11) is 1.99. The first-order valence-electron chi connectivity index (χ1n) is 6.60. The summed E-state index contributed by atoms with van der Waals surface area (Å²) in [6.07, 6.45) is 5.33. The van der Waals surface area contributed by atoms with Crippen molar-refractivity contribution < 1.29 is 4.39 Å². The van der Waals surface area contributed by atoms with E-state index in [1.807, 2.05) is 29.9 Å². The second-order valence-electron chi connectivity index (χ2n) is 4.86. The predicted octanol–water partition coefficient (Wildman–Crippen LogP) is 2.32. The summed E-state index contributed by atoms with van der Waals surface area (Å²) in [5.41, 5.74) is 0.763. The van der Waals surface area contributed by atoms with Gasteiger partial charge >= 0.3 is 0 Å². The maximum absolute atomic E-state index is 13.5. The van der Waals surface area contributed by atoms with Crippen LogP contribution in [0.4, 0.5) is 4.39 Å². The van der Waals surface area contributed by atoms with Gasteiger partial charge in [-0.15, -0.1) is 0 Å². The van der Waals surface area contributed by atoms with Gasteiger partial charge in [-0.1, -0.05) is 18.2 Å². The highest BCUT2D eigenvalue weighted by Crippen LogP contribution is 2.08. The summed E-state index contributed by atoms with van der Waals surface area (Å²) in [5.74, 6) is 0.936. The normalized spacial score (nSPS) is 12.6. The topological polar surface area (TPSA) is 29.9 Å². The first kappa shape index (κ1) is 13.7. The monoisotopic (exact) mass is 261 g/mol. The summed E-state index contributed by atoms with van der Waals surface area (Å²) >= 11 is 0. The van der Waals surface area contributed by atoms with Crippen molar-refractivity contribution >= 4 is 0 Å². The van der Waals surface area contributed by atoms with E-state index < -0.39 is 0 Å². The molecule has 0 bridgehead atoms. The molecular weight excluding hydrogens is 241 g/mol. The summed E-state index contributed by atoms with van der Waals surface area (Å²) in [6, 6.07) is 7.19. The second kappa shape index (κ2) is 6.48. The van der Waals surface area contributed by atoms with Crippen LogP contribution in [0, 0.1) is 5.82 Å². The number of benzene rings is 1. The Bertz CT molecular complexity index is 522. The number of imidazole rings is 1. The van der Waals surface area contributed by atoms with Gasteiger partial charge in [-0.2, -0.15) is 0 Å². The van der Waals surface area contributed by atoms with Gasteiger partial charge in [-0.25, -0.2) is 9.37 Å². The molecule has 1 aromatic carbocycles. The fraction of sp³-hybridized carbons (Fsp3) is 0.400. The van der Waals surface area contributed by atoms with Gasteiger partial charge < -0.3 is 9.88 Å². The van der Waals surface area contributed by atoms with Crippen molar-refractivity contribution in [1.82, 2.24) is 14.9 Å². The van der Waals surface area contributed by atoms with Crippen molar-refractivity contribution in [3.8, 4) is 0 Å². The Morgan fingerprint density at radius 3 is 2.84 bits per heavy atom. The molecule has 1 unspecified atom stereocenters. The van der Waals surface area contributed by atoms with Crippen molar-refractivity contribution in [2.75, 3.05) is 6.54 Å². The number of hydrogen-bond acceptors (Lipinski definition) is 2. The number of aromatic nitrogens is 2. The number of nitrogens with zero attached hydrogens (tertiary/aromatic N) is 2. The average Bonchev–Trinajstić information content (AvgIpc) is 2.78. The van der Waals surface area contributed by atoms with E-state index in [0.29, 0.717) is 6.42 Å². The number of rotatable bonds is 6. The molecule has 1 heterocycles. The lowest BCUT2D eigenvalue weighted by atomic mass is 10.1. The molecule has 0 saturated heterocycles. The highest BCUT2D eigenvalue weighted by atomic mass is 19.1. The van der Waals surface area contributed by atoms with Gasteiger partial charge in [0.15, 0.2) is 0 Å². The van der Waals surface area contributed by atoms with E-state index in [0.717, 1.165) is 24.4 Å². The molecule has 102 valence electrons. The van der Waals surface area contributed by atoms with Crippen molar-refractivity contribution in [2.24, 2.45) is 7.05 Å².